The summed E-state index contributed by atoms with van der Waals surface area (Å²) in [6, 6.07) is 3.76. The molecule has 0 heterocycles. The van der Waals surface area contributed by atoms with E-state index in [1.165, 1.54) is 44.2 Å². The second-order valence-electron chi connectivity index (χ2n) is 7.45. The molecule has 0 aliphatic rings. The van der Waals surface area contributed by atoms with Crippen molar-refractivity contribution in [3.63, 3.8) is 0 Å². The molecule has 0 aliphatic carbocycles. The SMILES string of the molecule is CCCCCCCCC(CCc1cc(F)cc(F)c1)C(C)(OCC)OCC. The Bertz CT molecular complexity index is 493. The number of hydrogen-bond acceptors (Lipinski definition) is 2. The summed E-state index contributed by atoms with van der Waals surface area (Å²) in [5.41, 5.74) is 0.691. The molecule has 156 valence electrons. The predicted octanol–water partition coefficient (Wildman–Crippen LogP) is 7.05. The molecular weight excluding hydrogens is 346 g/mol. The molecule has 0 amide bonds. The summed E-state index contributed by atoms with van der Waals surface area (Å²) in [4.78, 5) is 0. The van der Waals surface area contributed by atoms with Gasteiger partial charge in [-0.1, -0.05) is 45.4 Å². The monoisotopic (exact) mass is 384 g/mol. The second-order valence-corrected chi connectivity index (χ2v) is 7.45. The molecule has 1 rings (SSSR count). The molecule has 0 saturated carbocycles. The van der Waals surface area contributed by atoms with Crippen LogP contribution in [0.15, 0.2) is 18.2 Å². The van der Waals surface area contributed by atoms with Crippen molar-refractivity contribution in [2.45, 2.75) is 91.3 Å². The van der Waals surface area contributed by atoms with Gasteiger partial charge in [-0.25, -0.2) is 8.78 Å². The lowest BCUT2D eigenvalue weighted by Crippen LogP contribution is -2.41. The first kappa shape index (κ1) is 24.0. The Kier molecular flexibility index (Phi) is 11.8. The molecular formula is C23H38F2O2. The average Bonchev–Trinajstić information content (AvgIpc) is 2.60. The first-order valence-corrected chi connectivity index (χ1v) is 10.7. The fourth-order valence-electron chi connectivity index (χ4n) is 3.79. The normalized spacial score (nSPS) is 13.1. The lowest BCUT2D eigenvalue weighted by molar-refractivity contribution is -0.254. The molecule has 27 heavy (non-hydrogen) atoms. The van der Waals surface area contributed by atoms with Gasteiger partial charge >= 0.3 is 0 Å². The van der Waals surface area contributed by atoms with E-state index in [4.69, 9.17) is 9.47 Å². The van der Waals surface area contributed by atoms with E-state index in [0.29, 0.717) is 25.2 Å². The van der Waals surface area contributed by atoms with Crippen LogP contribution in [-0.4, -0.2) is 19.0 Å². The summed E-state index contributed by atoms with van der Waals surface area (Å²) in [5.74, 6) is -1.50. The number of aryl methyl sites for hydroxylation is 1. The fourth-order valence-corrected chi connectivity index (χ4v) is 3.79. The van der Waals surface area contributed by atoms with Crippen LogP contribution in [0.5, 0.6) is 0 Å². The Morgan fingerprint density at radius 2 is 1.37 bits per heavy atom. The smallest absolute Gasteiger partial charge is 0.168 e. The van der Waals surface area contributed by atoms with Gasteiger partial charge in [0.1, 0.15) is 11.6 Å². The van der Waals surface area contributed by atoms with Crippen LogP contribution in [-0.2, 0) is 15.9 Å². The van der Waals surface area contributed by atoms with Gasteiger partial charge < -0.3 is 9.47 Å². The van der Waals surface area contributed by atoms with E-state index < -0.39 is 17.4 Å². The standard InChI is InChI=1S/C23H38F2O2/c1-5-8-9-10-11-12-13-20(23(4,26-6-2)27-7-3)15-14-19-16-21(24)18-22(25)17-19/h16-18,20H,5-15H2,1-4H3. The van der Waals surface area contributed by atoms with Gasteiger partial charge in [0, 0.05) is 25.2 Å². The minimum Gasteiger partial charge on any atom is -0.350 e. The summed E-state index contributed by atoms with van der Waals surface area (Å²) in [6.45, 7) is 9.34. The Hall–Kier alpha value is -1.00. The number of hydrogen-bond donors (Lipinski definition) is 0. The van der Waals surface area contributed by atoms with Crippen molar-refractivity contribution in [3.8, 4) is 0 Å². The van der Waals surface area contributed by atoms with Gasteiger partial charge in [0.2, 0.25) is 0 Å². The van der Waals surface area contributed by atoms with Crippen molar-refractivity contribution in [1.29, 1.82) is 0 Å². The minimum atomic E-state index is -0.654. The topological polar surface area (TPSA) is 18.5 Å². The Morgan fingerprint density at radius 1 is 0.815 bits per heavy atom. The molecule has 0 spiro atoms. The summed E-state index contributed by atoms with van der Waals surface area (Å²) in [6.07, 6.45) is 9.83. The number of unbranched alkanes of at least 4 members (excludes halogenated alkanes) is 5. The van der Waals surface area contributed by atoms with E-state index in [1.54, 1.807) is 0 Å². The molecule has 0 saturated heterocycles. The van der Waals surface area contributed by atoms with Gasteiger partial charge in [0.05, 0.1) is 0 Å². The number of halogens is 2. The van der Waals surface area contributed by atoms with Crippen LogP contribution in [0, 0.1) is 17.6 Å². The van der Waals surface area contributed by atoms with Gasteiger partial charge in [0.25, 0.3) is 0 Å². The summed E-state index contributed by atoms with van der Waals surface area (Å²) >= 11 is 0. The zero-order valence-corrected chi connectivity index (χ0v) is 17.7. The molecule has 0 N–H and O–H groups in total. The molecule has 1 aromatic rings. The Balaban J connectivity index is 2.72. The molecule has 1 atom stereocenters. The van der Waals surface area contributed by atoms with Crippen molar-refractivity contribution in [2.75, 3.05) is 13.2 Å². The molecule has 0 bridgehead atoms. The van der Waals surface area contributed by atoms with E-state index in [9.17, 15) is 8.78 Å². The van der Waals surface area contributed by atoms with Gasteiger partial charge in [-0.2, -0.15) is 0 Å². The second kappa shape index (κ2) is 13.2. The van der Waals surface area contributed by atoms with Gasteiger partial charge in [-0.15, -0.1) is 0 Å². The van der Waals surface area contributed by atoms with E-state index in [0.717, 1.165) is 25.3 Å². The molecule has 0 aromatic heterocycles. The highest BCUT2D eigenvalue weighted by Gasteiger charge is 2.35. The predicted molar refractivity (Wildman–Crippen MR) is 108 cm³/mol. The third-order valence-corrected chi connectivity index (χ3v) is 5.21. The summed E-state index contributed by atoms with van der Waals surface area (Å²) in [5, 5.41) is 0. The third-order valence-electron chi connectivity index (χ3n) is 5.21. The highest BCUT2D eigenvalue weighted by molar-refractivity contribution is 5.18. The van der Waals surface area contributed by atoms with Crippen LogP contribution in [0.3, 0.4) is 0 Å². The molecule has 2 nitrogen and oxygen atoms in total. The lowest BCUT2D eigenvalue weighted by atomic mass is 9.87. The minimum absolute atomic E-state index is 0.190. The zero-order valence-electron chi connectivity index (χ0n) is 17.7. The van der Waals surface area contributed by atoms with Crippen molar-refractivity contribution >= 4 is 0 Å². The van der Waals surface area contributed by atoms with Crippen LogP contribution in [0.4, 0.5) is 8.78 Å². The molecule has 0 radical (unpaired) electrons. The number of rotatable bonds is 15. The van der Waals surface area contributed by atoms with Crippen LogP contribution < -0.4 is 0 Å². The largest absolute Gasteiger partial charge is 0.350 e. The molecule has 1 unspecified atom stereocenters. The first-order chi connectivity index (χ1) is 12.9. The summed E-state index contributed by atoms with van der Waals surface area (Å²) < 4.78 is 39.0. The third kappa shape index (κ3) is 9.16. The maximum absolute atomic E-state index is 13.5. The van der Waals surface area contributed by atoms with Gasteiger partial charge in [-0.3, -0.25) is 0 Å². The Labute approximate surface area is 164 Å². The summed E-state index contributed by atoms with van der Waals surface area (Å²) in [7, 11) is 0. The average molecular weight is 385 g/mol. The highest BCUT2D eigenvalue weighted by Crippen LogP contribution is 2.32. The number of benzene rings is 1. The quantitative estimate of drug-likeness (QED) is 0.238. The van der Waals surface area contributed by atoms with Crippen LogP contribution in [0.1, 0.15) is 84.6 Å². The van der Waals surface area contributed by atoms with Crippen molar-refractivity contribution < 1.29 is 18.3 Å². The lowest BCUT2D eigenvalue weighted by Gasteiger charge is -2.37. The van der Waals surface area contributed by atoms with E-state index >= 15 is 0 Å². The first-order valence-electron chi connectivity index (χ1n) is 10.7. The van der Waals surface area contributed by atoms with E-state index in [2.05, 4.69) is 6.92 Å². The maximum Gasteiger partial charge on any atom is 0.168 e. The van der Waals surface area contributed by atoms with E-state index in [-0.39, 0.29) is 5.92 Å². The molecule has 0 aliphatic heterocycles. The van der Waals surface area contributed by atoms with Crippen molar-refractivity contribution in [3.05, 3.63) is 35.4 Å². The van der Waals surface area contributed by atoms with Gasteiger partial charge in [0.15, 0.2) is 5.79 Å². The van der Waals surface area contributed by atoms with Crippen molar-refractivity contribution in [2.24, 2.45) is 5.92 Å². The Morgan fingerprint density at radius 3 is 1.93 bits per heavy atom. The van der Waals surface area contributed by atoms with E-state index in [1.807, 2.05) is 20.8 Å². The van der Waals surface area contributed by atoms with Crippen LogP contribution >= 0.6 is 0 Å². The van der Waals surface area contributed by atoms with Crippen molar-refractivity contribution in [1.82, 2.24) is 0 Å². The zero-order chi connectivity index (χ0) is 20.1. The maximum atomic E-state index is 13.5. The molecule has 1 aromatic carbocycles. The van der Waals surface area contributed by atoms with Crippen LogP contribution in [0.2, 0.25) is 0 Å². The molecule has 4 heteroatoms. The number of ether oxygens (including phenoxy) is 2. The molecule has 0 fully saturated rings. The highest BCUT2D eigenvalue weighted by atomic mass is 19.1. The van der Waals surface area contributed by atoms with Gasteiger partial charge in [-0.05, 0) is 57.7 Å². The van der Waals surface area contributed by atoms with Crippen LogP contribution in [0.25, 0.3) is 0 Å². The fraction of sp³-hybridized carbons (Fsp3) is 0.739.